The summed E-state index contributed by atoms with van der Waals surface area (Å²) in [6.45, 7) is 6.30. The molecule has 0 bridgehead atoms. The minimum atomic E-state index is -0.678. The summed E-state index contributed by atoms with van der Waals surface area (Å²) in [6.07, 6.45) is 3.10. The fourth-order valence-electron chi connectivity index (χ4n) is 1.63. The van der Waals surface area contributed by atoms with E-state index in [0.717, 1.165) is 3.57 Å². The molecular weight excluding hydrogens is 397 g/mol. The van der Waals surface area contributed by atoms with Gasteiger partial charge in [-0.05, 0) is 53.3 Å². The smallest absolute Gasteiger partial charge is 0.348 e. The molecule has 5 nitrogen and oxygen atoms in total. The molecule has 1 rings (SSSR count). The number of rotatable bonds is 7. The topological polar surface area (TPSA) is 68.5 Å². The van der Waals surface area contributed by atoms with Gasteiger partial charge in [-0.1, -0.05) is 12.7 Å². The highest BCUT2D eigenvalue weighted by atomic mass is 127. The summed E-state index contributed by atoms with van der Waals surface area (Å²) in [5, 5.41) is 9.01. The van der Waals surface area contributed by atoms with Crippen LogP contribution < -0.4 is 9.47 Å². The molecule has 0 aliphatic rings. The quantitative estimate of drug-likeness (QED) is 0.226. The van der Waals surface area contributed by atoms with Crippen LogP contribution in [0, 0.1) is 14.9 Å². The Kier molecular flexibility index (Phi) is 7.46. The second kappa shape index (κ2) is 9.10. The van der Waals surface area contributed by atoms with Gasteiger partial charge in [-0.15, -0.1) is 0 Å². The Morgan fingerprint density at radius 3 is 2.73 bits per heavy atom. The first kappa shape index (κ1) is 18.0. The molecule has 0 aliphatic heterocycles. The van der Waals surface area contributed by atoms with Crippen molar-refractivity contribution in [1.82, 2.24) is 0 Å². The van der Waals surface area contributed by atoms with E-state index in [1.807, 2.05) is 13.0 Å². The van der Waals surface area contributed by atoms with E-state index in [4.69, 9.17) is 14.7 Å². The lowest BCUT2D eigenvalue weighted by Crippen LogP contribution is -2.03. The molecule has 0 heterocycles. The average molecular weight is 413 g/mol. The number of esters is 1. The second-order valence-electron chi connectivity index (χ2n) is 4.02. The summed E-state index contributed by atoms with van der Waals surface area (Å²) in [4.78, 5) is 11.5. The molecule has 6 heteroatoms. The lowest BCUT2D eigenvalue weighted by Gasteiger charge is -2.13. The summed E-state index contributed by atoms with van der Waals surface area (Å²) >= 11 is 2.11. The van der Waals surface area contributed by atoms with Gasteiger partial charge in [0.1, 0.15) is 18.2 Å². The van der Waals surface area contributed by atoms with Crippen LogP contribution in [0.1, 0.15) is 12.5 Å². The summed E-state index contributed by atoms with van der Waals surface area (Å²) in [5.74, 6) is 0.475. The Morgan fingerprint density at radius 2 is 2.18 bits per heavy atom. The van der Waals surface area contributed by atoms with Crippen LogP contribution in [0.4, 0.5) is 0 Å². The third-order valence-corrected chi connectivity index (χ3v) is 3.32. The third-order valence-electron chi connectivity index (χ3n) is 2.51. The Hall–Kier alpha value is -2.01. The number of ether oxygens (including phenoxy) is 3. The Labute approximate surface area is 143 Å². The molecule has 0 saturated heterocycles. The molecule has 0 saturated carbocycles. The highest BCUT2D eigenvalue weighted by Crippen LogP contribution is 2.35. The van der Waals surface area contributed by atoms with Crippen LogP contribution >= 0.6 is 22.6 Å². The standard InChI is InChI=1S/C16H16INO4/c1-4-6-22-15-13(17)8-11(9-14(15)21-5-2)7-12(10-18)16(19)20-3/h4,7-9H,1,5-6H2,2-3H3. The molecule has 0 atom stereocenters. The normalized spacial score (nSPS) is 10.5. The maximum Gasteiger partial charge on any atom is 0.348 e. The molecule has 1 aromatic rings. The molecule has 22 heavy (non-hydrogen) atoms. The number of nitriles is 1. The van der Waals surface area contributed by atoms with Crippen molar-refractivity contribution in [3.05, 3.63) is 39.5 Å². The number of hydrogen-bond donors (Lipinski definition) is 0. The van der Waals surface area contributed by atoms with Gasteiger partial charge in [0.05, 0.1) is 17.3 Å². The number of halogens is 1. The van der Waals surface area contributed by atoms with Gasteiger partial charge in [0.25, 0.3) is 0 Å². The van der Waals surface area contributed by atoms with Gasteiger partial charge in [0, 0.05) is 0 Å². The predicted octanol–water partition coefficient (Wildman–Crippen LogP) is 3.33. The second-order valence-corrected chi connectivity index (χ2v) is 5.19. The molecule has 0 fully saturated rings. The predicted molar refractivity (Wildman–Crippen MR) is 91.6 cm³/mol. The minimum Gasteiger partial charge on any atom is -0.490 e. The van der Waals surface area contributed by atoms with Crippen molar-refractivity contribution in [2.24, 2.45) is 0 Å². The van der Waals surface area contributed by atoms with Gasteiger partial charge in [0.15, 0.2) is 11.5 Å². The van der Waals surface area contributed by atoms with Crippen LogP contribution in [0.15, 0.2) is 30.4 Å². The number of nitrogens with zero attached hydrogens (tertiary/aromatic N) is 1. The van der Waals surface area contributed by atoms with E-state index in [0.29, 0.717) is 30.3 Å². The van der Waals surface area contributed by atoms with Crippen molar-refractivity contribution < 1.29 is 19.0 Å². The Balaban J connectivity index is 3.28. The molecule has 0 amide bonds. The van der Waals surface area contributed by atoms with Crippen molar-refractivity contribution in [3.63, 3.8) is 0 Å². The van der Waals surface area contributed by atoms with Crippen LogP contribution in [-0.2, 0) is 9.53 Å². The first-order chi connectivity index (χ1) is 10.6. The average Bonchev–Trinajstić information content (AvgIpc) is 2.51. The maximum absolute atomic E-state index is 11.5. The molecule has 0 aromatic heterocycles. The molecule has 0 radical (unpaired) electrons. The van der Waals surface area contributed by atoms with Crippen LogP contribution in [0.25, 0.3) is 6.08 Å². The van der Waals surface area contributed by atoms with E-state index in [2.05, 4.69) is 33.9 Å². The van der Waals surface area contributed by atoms with E-state index < -0.39 is 5.97 Å². The summed E-state index contributed by atoms with van der Waals surface area (Å²) in [7, 11) is 1.23. The molecule has 0 N–H and O–H groups in total. The monoisotopic (exact) mass is 413 g/mol. The SMILES string of the molecule is C=CCOc1c(I)cc(C=C(C#N)C(=O)OC)cc1OCC. The van der Waals surface area contributed by atoms with E-state index in [9.17, 15) is 4.79 Å². The van der Waals surface area contributed by atoms with Gasteiger partial charge in [-0.2, -0.15) is 5.26 Å². The number of carbonyl (C=O) groups is 1. The van der Waals surface area contributed by atoms with Crippen LogP contribution in [0.3, 0.4) is 0 Å². The molecule has 0 spiro atoms. The van der Waals surface area contributed by atoms with E-state index >= 15 is 0 Å². The van der Waals surface area contributed by atoms with E-state index in [1.165, 1.54) is 13.2 Å². The molecular formula is C16H16INO4. The fraction of sp³-hybridized carbons (Fsp3) is 0.250. The van der Waals surface area contributed by atoms with Gasteiger partial charge in [-0.3, -0.25) is 0 Å². The first-order valence-electron chi connectivity index (χ1n) is 6.47. The van der Waals surface area contributed by atoms with Crippen molar-refractivity contribution in [1.29, 1.82) is 5.26 Å². The number of hydrogen-bond acceptors (Lipinski definition) is 5. The van der Waals surface area contributed by atoms with Gasteiger partial charge < -0.3 is 14.2 Å². The first-order valence-corrected chi connectivity index (χ1v) is 7.55. The molecule has 0 aliphatic carbocycles. The van der Waals surface area contributed by atoms with Crippen molar-refractivity contribution in [3.8, 4) is 17.6 Å². The van der Waals surface area contributed by atoms with Crippen molar-refractivity contribution in [2.75, 3.05) is 20.3 Å². The number of benzene rings is 1. The van der Waals surface area contributed by atoms with Gasteiger partial charge in [0.2, 0.25) is 0 Å². The van der Waals surface area contributed by atoms with Gasteiger partial charge >= 0.3 is 5.97 Å². The summed E-state index contributed by atoms with van der Waals surface area (Å²) in [5.41, 5.74) is 0.571. The van der Waals surface area contributed by atoms with Crippen LogP contribution in [0.2, 0.25) is 0 Å². The molecule has 1 aromatic carbocycles. The van der Waals surface area contributed by atoms with Crippen LogP contribution in [-0.4, -0.2) is 26.3 Å². The van der Waals surface area contributed by atoms with Gasteiger partial charge in [-0.25, -0.2) is 4.79 Å². The zero-order chi connectivity index (χ0) is 16.5. The zero-order valence-corrected chi connectivity index (χ0v) is 14.5. The highest BCUT2D eigenvalue weighted by Gasteiger charge is 2.14. The van der Waals surface area contributed by atoms with Crippen LogP contribution in [0.5, 0.6) is 11.5 Å². The molecule has 116 valence electrons. The molecule has 0 unspecified atom stereocenters. The highest BCUT2D eigenvalue weighted by molar-refractivity contribution is 14.1. The van der Waals surface area contributed by atoms with E-state index in [1.54, 1.807) is 18.2 Å². The lowest BCUT2D eigenvalue weighted by atomic mass is 10.1. The van der Waals surface area contributed by atoms with Crippen molar-refractivity contribution >= 4 is 34.6 Å². The third kappa shape index (κ3) is 4.77. The van der Waals surface area contributed by atoms with E-state index in [-0.39, 0.29) is 5.57 Å². The summed E-state index contributed by atoms with van der Waals surface area (Å²) in [6, 6.07) is 5.33. The number of methoxy groups -OCH3 is 1. The number of carbonyl (C=O) groups excluding carboxylic acids is 1. The minimum absolute atomic E-state index is 0.0829. The fourth-order valence-corrected chi connectivity index (χ4v) is 2.41. The zero-order valence-electron chi connectivity index (χ0n) is 12.4. The lowest BCUT2D eigenvalue weighted by molar-refractivity contribution is -0.135. The Bertz CT molecular complexity index is 632. The summed E-state index contributed by atoms with van der Waals surface area (Å²) < 4.78 is 16.5. The van der Waals surface area contributed by atoms with Crippen molar-refractivity contribution in [2.45, 2.75) is 6.92 Å². The Morgan fingerprint density at radius 1 is 1.45 bits per heavy atom. The maximum atomic E-state index is 11.5. The largest absolute Gasteiger partial charge is 0.490 e.